The van der Waals surface area contributed by atoms with Gasteiger partial charge in [-0.15, -0.1) is 0 Å². The number of aromatic nitrogens is 4. The number of rotatable bonds is 3. The highest BCUT2D eigenvalue weighted by Crippen LogP contribution is 2.18. The Morgan fingerprint density at radius 3 is 2.48 bits per heavy atom. The van der Waals surface area contributed by atoms with Crippen LogP contribution in [0.5, 0.6) is 0 Å². The van der Waals surface area contributed by atoms with E-state index in [-0.39, 0.29) is 17.7 Å². The van der Waals surface area contributed by atoms with Crippen LogP contribution in [-0.4, -0.2) is 36.9 Å². The van der Waals surface area contributed by atoms with E-state index >= 15 is 0 Å². The minimum absolute atomic E-state index is 0.0320. The maximum atomic E-state index is 12.2. The van der Waals surface area contributed by atoms with Crippen LogP contribution in [0, 0.1) is 0 Å². The molecule has 2 rings (SSSR count). The van der Waals surface area contributed by atoms with Crippen molar-refractivity contribution in [1.82, 2.24) is 18.7 Å². The third-order valence-electron chi connectivity index (χ3n) is 3.21. The molecule has 2 aromatic heterocycles. The number of halogens is 3. The average Bonchev–Trinajstić information content (AvgIpc) is 2.85. The summed E-state index contributed by atoms with van der Waals surface area (Å²) >= 11 is 0. The molecule has 0 radical (unpaired) electrons. The smallest absolute Gasteiger partial charge is 0.454 e. The first-order valence-electron chi connectivity index (χ1n) is 6.42. The minimum atomic E-state index is -5.09. The summed E-state index contributed by atoms with van der Waals surface area (Å²) in [4.78, 5) is 38.6. The highest BCUT2D eigenvalue weighted by molar-refractivity contribution is 5.75. The lowest BCUT2D eigenvalue weighted by Gasteiger charge is -2.15. The van der Waals surface area contributed by atoms with Gasteiger partial charge < -0.3 is 9.30 Å². The zero-order valence-electron chi connectivity index (χ0n) is 12.4. The third-order valence-corrected chi connectivity index (χ3v) is 3.21. The first kappa shape index (κ1) is 16.8. The molecule has 126 valence electrons. The van der Waals surface area contributed by atoms with Gasteiger partial charge in [0.05, 0.1) is 12.9 Å². The van der Waals surface area contributed by atoms with Gasteiger partial charge in [-0.1, -0.05) is 0 Å². The molecule has 0 spiro atoms. The molecule has 0 amide bonds. The number of aryl methyl sites for hydroxylation is 1. The Labute approximate surface area is 126 Å². The summed E-state index contributed by atoms with van der Waals surface area (Å²) < 4.78 is 44.0. The summed E-state index contributed by atoms with van der Waals surface area (Å²) in [5.41, 5.74) is -1.10. The molecule has 0 fully saturated rings. The molecule has 2 aromatic rings. The molecule has 0 aliphatic rings. The van der Waals surface area contributed by atoms with Gasteiger partial charge in [0.15, 0.2) is 11.2 Å². The van der Waals surface area contributed by atoms with E-state index in [1.165, 1.54) is 31.9 Å². The Morgan fingerprint density at radius 1 is 1.30 bits per heavy atom. The lowest BCUT2D eigenvalue weighted by molar-refractivity contribution is -0.204. The number of carbonyl (C=O) groups excluding carboxylic acids is 1. The molecular formula is C12H13F3N4O4. The minimum Gasteiger partial charge on any atom is -0.454 e. The summed E-state index contributed by atoms with van der Waals surface area (Å²) in [6, 6.07) is 0. The van der Waals surface area contributed by atoms with Crippen LogP contribution in [0.15, 0.2) is 15.9 Å². The van der Waals surface area contributed by atoms with Crippen molar-refractivity contribution >= 4 is 17.1 Å². The maximum Gasteiger partial charge on any atom is 0.490 e. The number of esters is 1. The molecular weight excluding hydrogens is 321 g/mol. The molecule has 11 heteroatoms. The first-order chi connectivity index (χ1) is 10.5. The van der Waals surface area contributed by atoms with Crippen LogP contribution < -0.4 is 11.2 Å². The molecule has 1 atom stereocenters. The molecule has 0 saturated heterocycles. The molecule has 8 nitrogen and oxygen atoms in total. The van der Waals surface area contributed by atoms with E-state index in [2.05, 4.69) is 9.72 Å². The van der Waals surface area contributed by atoms with Crippen molar-refractivity contribution in [1.29, 1.82) is 0 Å². The molecule has 0 bridgehead atoms. The van der Waals surface area contributed by atoms with Gasteiger partial charge in [0.25, 0.3) is 5.56 Å². The SMILES string of the molecule is CC(Cn1cnc2c1c(=O)n(C)c(=O)n2C)OC(=O)C(F)(F)F. The van der Waals surface area contributed by atoms with E-state index in [4.69, 9.17) is 0 Å². The fraction of sp³-hybridized carbons (Fsp3) is 0.500. The normalized spacial score (nSPS) is 13.3. The lowest BCUT2D eigenvalue weighted by atomic mass is 10.4. The van der Waals surface area contributed by atoms with Gasteiger partial charge in [0, 0.05) is 14.1 Å². The number of hydrogen-bond donors (Lipinski definition) is 0. The first-order valence-corrected chi connectivity index (χ1v) is 6.42. The Morgan fingerprint density at radius 2 is 1.91 bits per heavy atom. The van der Waals surface area contributed by atoms with Crippen molar-refractivity contribution in [2.45, 2.75) is 25.7 Å². The van der Waals surface area contributed by atoms with E-state index < -0.39 is 29.5 Å². The molecule has 1 unspecified atom stereocenters. The zero-order chi connectivity index (χ0) is 17.5. The number of fused-ring (bicyclic) bond motifs is 1. The third kappa shape index (κ3) is 2.98. The fourth-order valence-electron chi connectivity index (χ4n) is 2.10. The summed E-state index contributed by atoms with van der Waals surface area (Å²) in [6.07, 6.45) is -5.04. The highest BCUT2D eigenvalue weighted by atomic mass is 19.4. The van der Waals surface area contributed by atoms with Crippen molar-refractivity contribution in [2.75, 3.05) is 0 Å². The summed E-state index contributed by atoms with van der Waals surface area (Å²) in [6.45, 7) is 1.04. The Kier molecular flexibility index (Phi) is 4.05. The van der Waals surface area contributed by atoms with Crippen LogP contribution in [0.3, 0.4) is 0 Å². The molecule has 0 aliphatic heterocycles. The van der Waals surface area contributed by atoms with Crippen LogP contribution in [-0.2, 0) is 30.2 Å². The Balaban J connectivity index is 2.37. The van der Waals surface area contributed by atoms with Gasteiger partial charge in [0.2, 0.25) is 0 Å². The topological polar surface area (TPSA) is 88.1 Å². The maximum absolute atomic E-state index is 12.2. The van der Waals surface area contributed by atoms with Gasteiger partial charge in [0.1, 0.15) is 6.10 Å². The second kappa shape index (κ2) is 5.56. The molecule has 2 heterocycles. The van der Waals surface area contributed by atoms with Crippen LogP contribution in [0.2, 0.25) is 0 Å². The number of hydrogen-bond acceptors (Lipinski definition) is 5. The fourth-order valence-corrected chi connectivity index (χ4v) is 2.10. The second-order valence-electron chi connectivity index (χ2n) is 4.99. The van der Waals surface area contributed by atoms with Crippen LogP contribution in [0.25, 0.3) is 11.2 Å². The summed E-state index contributed by atoms with van der Waals surface area (Å²) in [5, 5.41) is 0. The van der Waals surface area contributed by atoms with E-state index in [1.54, 1.807) is 0 Å². The number of imidazole rings is 1. The van der Waals surface area contributed by atoms with Crippen molar-refractivity contribution < 1.29 is 22.7 Å². The largest absolute Gasteiger partial charge is 0.490 e. The Hall–Kier alpha value is -2.59. The average molecular weight is 334 g/mol. The Bertz CT molecular complexity index is 877. The van der Waals surface area contributed by atoms with Crippen LogP contribution in [0.4, 0.5) is 13.2 Å². The quantitative estimate of drug-likeness (QED) is 0.733. The van der Waals surface area contributed by atoms with Crippen molar-refractivity contribution in [3.8, 4) is 0 Å². The van der Waals surface area contributed by atoms with E-state index in [1.807, 2.05) is 0 Å². The van der Waals surface area contributed by atoms with Crippen LogP contribution in [0.1, 0.15) is 6.92 Å². The highest BCUT2D eigenvalue weighted by Gasteiger charge is 2.41. The predicted octanol–water partition coefficient (Wildman–Crippen LogP) is -0.0723. The molecule has 0 saturated carbocycles. The number of alkyl halides is 3. The van der Waals surface area contributed by atoms with Gasteiger partial charge in [-0.2, -0.15) is 13.2 Å². The predicted molar refractivity (Wildman–Crippen MR) is 71.8 cm³/mol. The van der Waals surface area contributed by atoms with Crippen molar-refractivity contribution in [3.63, 3.8) is 0 Å². The molecule has 0 aliphatic carbocycles. The summed E-state index contributed by atoms with van der Waals surface area (Å²) in [5.74, 6) is -2.31. The zero-order valence-corrected chi connectivity index (χ0v) is 12.4. The summed E-state index contributed by atoms with van der Waals surface area (Å²) in [7, 11) is 2.68. The molecule has 0 aromatic carbocycles. The van der Waals surface area contributed by atoms with Crippen LogP contribution >= 0.6 is 0 Å². The van der Waals surface area contributed by atoms with E-state index in [0.717, 1.165) is 9.13 Å². The standard InChI is InChI=1S/C12H13F3N4O4/c1-6(23-10(21)12(13,14)15)4-19-5-16-8-7(19)9(20)18(3)11(22)17(8)2/h5-6H,4H2,1-3H3. The van der Waals surface area contributed by atoms with Gasteiger partial charge in [-0.05, 0) is 6.92 Å². The number of nitrogens with zero attached hydrogens (tertiary/aromatic N) is 4. The number of ether oxygens (including phenoxy) is 1. The van der Waals surface area contributed by atoms with E-state index in [0.29, 0.717) is 0 Å². The van der Waals surface area contributed by atoms with E-state index in [9.17, 15) is 27.6 Å². The molecule has 0 N–H and O–H groups in total. The van der Waals surface area contributed by atoms with Gasteiger partial charge in [-0.25, -0.2) is 14.6 Å². The molecule has 23 heavy (non-hydrogen) atoms. The van der Waals surface area contributed by atoms with Crippen molar-refractivity contribution in [3.05, 3.63) is 27.2 Å². The van der Waals surface area contributed by atoms with Gasteiger partial charge >= 0.3 is 17.8 Å². The van der Waals surface area contributed by atoms with Gasteiger partial charge in [-0.3, -0.25) is 13.9 Å². The lowest BCUT2D eigenvalue weighted by Crippen LogP contribution is -2.38. The van der Waals surface area contributed by atoms with Crippen molar-refractivity contribution in [2.24, 2.45) is 14.1 Å². The second-order valence-corrected chi connectivity index (χ2v) is 4.99. The monoisotopic (exact) mass is 334 g/mol. The number of carbonyl (C=O) groups is 1.